The first-order valence-electron chi connectivity index (χ1n) is 7.62. The van der Waals surface area contributed by atoms with Crippen molar-refractivity contribution in [3.05, 3.63) is 66.8 Å². The van der Waals surface area contributed by atoms with E-state index in [1.54, 1.807) is 24.5 Å². The topological polar surface area (TPSA) is 52.8 Å². The van der Waals surface area contributed by atoms with Gasteiger partial charge in [0.15, 0.2) is 22.5 Å². The lowest BCUT2D eigenvalue weighted by Gasteiger charge is -2.08. The maximum absolute atomic E-state index is 13.8. The lowest BCUT2D eigenvalue weighted by atomic mass is 10.2. The highest BCUT2D eigenvalue weighted by Gasteiger charge is 2.14. The van der Waals surface area contributed by atoms with Crippen LogP contribution in [0, 0.1) is 5.82 Å². The standard InChI is InChI=1S/C18H17FN4OS/c1-3-10-23-17(14-6-8-20-9-7-14)21-22-18(23)25-12-13-4-5-16(24-2)15(19)11-13/h3-9,11H,1,10,12H2,2H3. The number of hydrogen-bond acceptors (Lipinski definition) is 5. The summed E-state index contributed by atoms with van der Waals surface area (Å²) in [6.07, 6.45) is 5.23. The van der Waals surface area contributed by atoms with E-state index in [-0.39, 0.29) is 11.6 Å². The molecule has 0 N–H and O–H groups in total. The minimum absolute atomic E-state index is 0.239. The van der Waals surface area contributed by atoms with Crippen molar-refractivity contribution in [2.24, 2.45) is 0 Å². The molecule has 25 heavy (non-hydrogen) atoms. The first-order valence-corrected chi connectivity index (χ1v) is 8.61. The molecule has 0 radical (unpaired) electrons. The molecule has 0 unspecified atom stereocenters. The fourth-order valence-corrected chi connectivity index (χ4v) is 3.24. The number of methoxy groups -OCH3 is 1. The minimum atomic E-state index is -0.370. The van der Waals surface area contributed by atoms with E-state index >= 15 is 0 Å². The second-order valence-corrected chi connectivity index (χ2v) is 6.14. The number of ether oxygens (including phenoxy) is 1. The van der Waals surface area contributed by atoms with Crippen LogP contribution in [0.3, 0.4) is 0 Å². The summed E-state index contributed by atoms with van der Waals surface area (Å²) in [4.78, 5) is 4.02. The van der Waals surface area contributed by atoms with Crippen molar-refractivity contribution in [1.82, 2.24) is 19.7 Å². The molecule has 0 spiro atoms. The summed E-state index contributed by atoms with van der Waals surface area (Å²) in [6, 6.07) is 8.71. The fourth-order valence-electron chi connectivity index (χ4n) is 2.35. The highest BCUT2D eigenvalue weighted by Crippen LogP contribution is 2.27. The van der Waals surface area contributed by atoms with Crippen LogP contribution in [-0.4, -0.2) is 26.9 Å². The number of benzene rings is 1. The van der Waals surface area contributed by atoms with Crippen LogP contribution < -0.4 is 4.74 Å². The van der Waals surface area contributed by atoms with E-state index in [4.69, 9.17) is 4.74 Å². The normalized spacial score (nSPS) is 10.6. The Labute approximate surface area is 149 Å². The Hall–Kier alpha value is -2.67. The van der Waals surface area contributed by atoms with Gasteiger partial charge in [-0.15, -0.1) is 16.8 Å². The van der Waals surface area contributed by atoms with Crippen molar-refractivity contribution < 1.29 is 9.13 Å². The van der Waals surface area contributed by atoms with Gasteiger partial charge in [-0.2, -0.15) is 0 Å². The van der Waals surface area contributed by atoms with Crippen molar-refractivity contribution in [3.8, 4) is 17.1 Å². The average Bonchev–Trinajstić information content (AvgIpc) is 3.04. The van der Waals surface area contributed by atoms with Crippen LogP contribution in [0.2, 0.25) is 0 Å². The monoisotopic (exact) mass is 356 g/mol. The summed E-state index contributed by atoms with van der Waals surface area (Å²) in [7, 11) is 1.45. The quantitative estimate of drug-likeness (QED) is 0.474. The van der Waals surface area contributed by atoms with Crippen LogP contribution in [0.15, 0.2) is 60.5 Å². The average molecular weight is 356 g/mol. The zero-order chi connectivity index (χ0) is 17.6. The summed E-state index contributed by atoms with van der Waals surface area (Å²) in [5.74, 6) is 1.20. The Kier molecular flexibility index (Phi) is 5.45. The smallest absolute Gasteiger partial charge is 0.192 e. The van der Waals surface area contributed by atoms with Gasteiger partial charge < -0.3 is 4.74 Å². The highest BCUT2D eigenvalue weighted by molar-refractivity contribution is 7.98. The first-order chi connectivity index (χ1) is 12.2. The number of nitrogens with zero attached hydrogens (tertiary/aromatic N) is 4. The lowest BCUT2D eigenvalue weighted by molar-refractivity contribution is 0.386. The third-order valence-electron chi connectivity index (χ3n) is 3.55. The molecule has 2 heterocycles. The van der Waals surface area contributed by atoms with Gasteiger partial charge >= 0.3 is 0 Å². The maximum Gasteiger partial charge on any atom is 0.192 e. The van der Waals surface area contributed by atoms with Crippen LogP contribution in [-0.2, 0) is 12.3 Å². The van der Waals surface area contributed by atoms with Crippen molar-refractivity contribution in [1.29, 1.82) is 0 Å². The molecule has 0 aliphatic rings. The SMILES string of the molecule is C=CCn1c(SCc2ccc(OC)c(F)c2)nnc1-c1ccncc1. The second-order valence-electron chi connectivity index (χ2n) is 5.20. The summed E-state index contributed by atoms with van der Waals surface area (Å²) < 4.78 is 20.7. The second kappa shape index (κ2) is 7.94. The molecular formula is C18H17FN4OS. The Balaban J connectivity index is 1.82. The van der Waals surface area contributed by atoms with Crippen LogP contribution in [0.1, 0.15) is 5.56 Å². The number of hydrogen-bond donors (Lipinski definition) is 0. The molecule has 0 fully saturated rings. The molecule has 0 amide bonds. The van der Waals surface area contributed by atoms with Gasteiger partial charge in [-0.1, -0.05) is 23.9 Å². The van der Waals surface area contributed by atoms with Crippen LogP contribution in [0.25, 0.3) is 11.4 Å². The third-order valence-corrected chi connectivity index (χ3v) is 4.59. The molecule has 3 rings (SSSR count). The summed E-state index contributed by atoms with van der Waals surface area (Å²) in [5, 5.41) is 9.31. The Morgan fingerprint density at radius 2 is 2.04 bits per heavy atom. The van der Waals surface area contributed by atoms with E-state index in [0.717, 1.165) is 22.1 Å². The van der Waals surface area contributed by atoms with Crippen molar-refractivity contribution in [3.63, 3.8) is 0 Å². The first kappa shape index (κ1) is 17.2. The van der Waals surface area contributed by atoms with E-state index in [1.807, 2.05) is 22.8 Å². The Bertz CT molecular complexity index is 867. The number of pyridine rings is 1. The number of aromatic nitrogens is 4. The lowest BCUT2D eigenvalue weighted by Crippen LogP contribution is -2.00. The molecule has 0 saturated heterocycles. The predicted molar refractivity (Wildman–Crippen MR) is 96.0 cm³/mol. The highest BCUT2D eigenvalue weighted by atomic mass is 32.2. The molecule has 0 bridgehead atoms. The molecule has 3 aromatic rings. The Morgan fingerprint density at radius 3 is 2.72 bits per heavy atom. The van der Waals surface area contributed by atoms with Gasteiger partial charge in [0.2, 0.25) is 0 Å². The van der Waals surface area contributed by atoms with Crippen molar-refractivity contribution in [2.45, 2.75) is 17.5 Å². The van der Waals surface area contributed by atoms with Gasteiger partial charge in [-0.25, -0.2) is 4.39 Å². The number of thioether (sulfide) groups is 1. The van der Waals surface area contributed by atoms with Gasteiger partial charge in [0.1, 0.15) is 0 Å². The largest absolute Gasteiger partial charge is 0.494 e. The molecule has 0 aliphatic heterocycles. The summed E-state index contributed by atoms with van der Waals surface area (Å²) in [5.41, 5.74) is 1.79. The fraction of sp³-hybridized carbons (Fsp3) is 0.167. The molecule has 2 aromatic heterocycles. The third kappa shape index (κ3) is 3.88. The zero-order valence-corrected chi connectivity index (χ0v) is 14.5. The molecule has 0 saturated carbocycles. The van der Waals surface area contributed by atoms with E-state index in [0.29, 0.717) is 12.3 Å². The summed E-state index contributed by atoms with van der Waals surface area (Å²) >= 11 is 1.50. The zero-order valence-electron chi connectivity index (χ0n) is 13.7. The molecule has 7 heteroatoms. The number of allylic oxidation sites excluding steroid dienone is 1. The molecule has 0 atom stereocenters. The van der Waals surface area contributed by atoms with Crippen LogP contribution in [0.5, 0.6) is 5.75 Å². The van der Waals surface area contributed by atoms with E-state index in [9.17, 15) is 4.39 Å². The van der Waals surface area contributed by atoms with Gasteiger partial charge in [0.25, 0.3) is 0 Å². The minimum Gasteiger partial charge on any atom is -0.494 e. The van der Waals surface area contributed by atoms with E-state index < -0.39 is 0 Å². The summed E-state index contributed by atoms with van der Waals surface area (Å²) in [6.45, 7) is 4.39. The molecular weight excluding hydrogens is 339 g/mol. The molecule has 128 valence electrons. The van der Waals surface area contributed by atoms with Gasteiger partial charge in [0.05, 0.1) is 7.11 Å². The maximum atomic E-state index is 13.8. The Morgan fingerprint density at radius 1 is 1.24 bits per heavy atom. The van der Waals surface area contributed by atoms with Crippen LogP contribution >= 0.6 is 11.8 Å². The van der Waals surface area contributed by atoms with Crippen molar-refractivity contribution >= 4 is 11.8 Å². The van der Waals surface area contributed by atoms with E-state index in [2.05, 4.69) is 21.8 Å². The van der Waals surface area contributed by atoms with Gasteiger partial charge in [-0.05, 0) is 29.8 Å². The van der Waals surface area contributed by atoms with Gasteiger partial charge in [0, 0.05) is 30.3 Å². The van der Waals surface area contributed by atoms with E-state index in [1.165, 1.54) is 24.9 Å². The number of rotatable bonds is 7. The molecule has 1 aromatic carbocycles. The van der Waals surface area contributed by atoms with Gasteiger partial charge in [-0.3, -0.25) is 9.55 Å². The van der Waals surface area contributed by atoms with Crippen molar-refractivity contribution in [2.75, 3.05) is 7.11 Å². The molecule has 0 aliphatic carbocycles. The number of halogens is 1. The predicted octanol–water partition coefficient (Wildman–Crippen LogP) is 3.97. The molecule has 5 nitrogen and oxygen atoms in total. The van der Waals surface area contributed by atoms with Crippen LogP contribution in [0.4, 0.5) is 4.39 Å².